The van der Waals surface area contributed by atoms with Crippen molar-refractivity contribution in [1.29, 1.82) is 0 Å². The predicted molar refractivity (Wildman–Crippen MR) is 137 cm³/mol. The Balaban J connectivity index is 1.45. The van der Waals surface area contributed by atoms with Crippen LogP contribution in [0, 0.1) is 13.7 Å². The molecular weight excluding hydrogens is 593 g/mol. The van der Waals surface area contributed by atoms with Crippen LogP contribution in [-0.2, 0) is 14.9 Å². The van der Waals surface area contributed by atoms with Crippen LogP contribution < -0.4 is 9.50 Å². The summed E-state index contributed by atoms with van der Waals surface area (Å²) in [6.45, 7) is 0. The molecule has 4 rings (SSSR count). The molecule has 34 heavy (non-hydrogen) atoms. The number of nitro benzene ring substituents is 1. The highest BCUT2D eigenvalue weighted by Crippen LogP contribution is 2.29. The first-order valence-corrected chi connectivity index (χ1v) is 12.8. The summed E-state index contributed by atoms with van der Waals surface area (Å²) >= 11 is 3.40. The second kappa shape index (κ2) is 9.95. The van der Waals surface area contributed by atoms with Gasteiger partial charge in [-0.1, -0.05) is 12.1 Å². The second-order valence-electron chi connectivity index (χ2n) is 6.82. The Morgan fingerprint density at radius 1 is 1.00 bits per heavy atom. The Hall–Kier alpha value is -3.23. The third-order valence-electron chi connectivity index (χ3n) is 4.43. The summed E-state index contributed by atoms with van der Waals surface area (Å²) in [5.41, 5.74) is 1.16. The molecule has 0 radical (unpaired) electrons. The van der Waals surface area contributed by atoms with E-state index in [9.17, 15) is 23.3 Å². The number of halogens is 1. The molecule has 1 heterocycles. The van der Waals surface area contributed by atoms with Gasteiger partial charge in [0.2, 0.25) is 0 Å². The summed E-state index contributed by atoms with van der Waals surface area (Å²) in [7, 11) is -4.16. The second-order valence-corrected chi connectivity index (χ2v) is 10.6. The average molecular weight is 607 g/mol. The minimum Gasteiger partial charge on any atom is -0.379 e. The van der Waals surface area contributed by atoms with E-state index < -0.39 is 15.0 Å². The van der Waals surface area contributed by atoms with Crippen LogP contribution in [0.3, 0.4) is 0 Å². The van der Waals surface area contributed by atoms with Gasteiger partial charge in [0.1, 0.15) is 10.6 Å². The zero-order chi connectivity index (χ0) is 24.3. The van der Waals surface area contributed by atoms with Crippen LogP contribution >= 0.6 is 34.4 Å². The number of carbonyl (C=O) groups is 1. The molecule has 1 aliphatic rings. The third kappa shape index (κ3) is 5.81. The number of hydrogen-bond acceptors (Lipinski definition) is 8. The van der Waals surface area contributed by atoms with E-state index in [2.05, 4.69) is 32.9 Å². The van der Waals surface area contributed by atoms with Crippen LogP contribution in [0.4, 0.5) is 11.4 Å². The zero-order valence-corrected chi connectivity index (χ0v) is 20.8. The number of amides is 1. The SMILES string of the molecule is O=C1NC(=Nc2ccc(I)cc2)S/C1=C/c1ccc(OS(=O)(=O)c2ccc([N+](=O)[O-])cc2)cc1. The molecule has 12 heteroatoms. The van der Waals surface area contributed by atoms with Gasteiger partial charge in [0.25, 0.3) is 11.6 Å². The van der Waals surface area contributed by atoms with Gasteiger partial charge in [-0.25, -0.2) is 4.99 Å². The number of carbonyl (C=O) groups excluding carboxylic acids is 1. The van der Waals surface area contributed by atoms with Crippen LogP contribution in [0.1, 0.15) is 5.56 Å². The van der Waals surface area contributed by atoms with Crippen LogP contribution in [0.25, 0.3) is 6.08 Å². The molecule has 3 aromatic carbocycles. The van der Waals surface area contributed by atoms with Gasteiger partial charge in [-0.3, -0.25) is 14.9 Å². The van der Waals surface area contributed by atoms with Crippen molar-refractivity contribution in [1.82, 2.24) is 5.32 Å². The number of nitrogens with zero attached hydrogens (tertiary/aromatic N) is 2. The third-order valence-corrected chi connectivity index (χ3v) is 7.32. The van der Waals surface area contributed by atoms with Crippen LogP contribution in [-0.4, -0.2) is 24.4 Å². The fourth-order valence-electron chi connectivity index (χ4n) is 2.79. The Morgan fingerprint density at radius 2 is 1.65 bits per heavy atom. The number of amidine groups is 1. The maximum atomic E-state index is 12.4. The molecule has 0 bridgehead atoms. The lowest BCUT2D eigenvalue weighted by Crippen LogP contribution is -2.19. The van der Waals surface area contributed by atoms with Gasteiger partial charge in [0.15, 0.2) is 5.17 Å². The molecule has 0 aromatic heterocycles. The van der Waals surface area contributed by atoms with Gasteiger partial charge in [0.05, 0.1) is 15.5 Å². The normalized spacial score (nSPS) is 16.0. The van der Waals surface area contributed by atoms with E-state index in [4.69, 9.17) is 4.18 Å². The molecule has 1 N–H and O–H groups in total. The van der Waals surface area contributed by atoms with Crippen molar-refractivity contribution in [3.05, 3.63) is 96.9 Å². The lowest BCUT2D eigenvalue weighted by molar-refractivity contribution is -0.384. The molecule has 172 valence electrons. The molecule has 3 aromatic rings. The number of hydrogen-bond donors (Lipinski definition) is 1. The summed E-state index contributed by atoms with van der Waals surface area (Å²) in [6, 6.07) is 18.1. The summed E-state index contributed by atoms with van der Waals surface area (Å²) < 4.78 is 31.0. The molecule has 0 saturated carbocycles. The van der Waals surface area contributed by atoms with E-state index in [0.29, 0.717) is 15.6 Å². The van der Waals surface area contributed by atoms with E-state index in [0.717, 1.165) is 33.5 Å². The summed E-state index contributed by atoms with van der Waals surface area (Å²) in [6.07, 6.45) is 1.66. The fourth-order valence-corrected chi connectivity index (χ4v) is 4.93. The number of benzene rings is 3. The minimum atomic E-state index is -4.16. The van der Waals surface area contributed by atoms with Crippen molar-refractivity contribution in [2.75, 3.05) is 0 Å². The predicted octanol–water partition coefficient (Wildman–Crippen LogP) is 4.86. The smallest absolute Gasteiger partial charge is 0.339 e. The number of nitrogens with one attached hydrogen (secondary N) is 1. The van der Waals surface area contributed by atoms with Crippen molar-refractivity contribution in [2.24, 2.45) is 4.99 Å². The highest BCUT2D eigenvalue weighted by Gasteiger charge is 2.24. The van der Waals surface area contributed by atoms with Crippen molar-refractivity contribution < 1.29 is 22.3 Å². The number of non-ortho nitro benzene ring substituents is 1. The molecule has 9 nitrogen and oxygen atoms in total. The Morgan fingerprint density at radius 3 is 2.26 bits per heavy atom. The monoisotopic (exact) mass is 607 g/mol. The molecule has 0 spiro atoms. The van der Waals surface area contributed by atoms with Crippen molar-refractivity contribution in [3.63, 3.8) is 0 Å². The summed E-state index contributed by atoms with van der Waals surface area (Å²) in [5.74, 6) is -0.222. The van der Waals surface area contributed by atoms with Crippen LogP contribution in [0.5, 0.6) is 5.75 Å². The quantitative estimate of drug-likeness (QED) is 0.139. The van der Waals surface area contributed by atoms with Crippen molar-refractivity contribution in [2.45, 2.75) is 4.90 Å². The van der Waals surface area contributed by atoms with Gasteiger partial charge in [-0.15, -0.1) is 0 Å². The molecule has 0 aliphatic carbocycles. The highest BCUT2D eigenvalue weighted by atomic mass is 127. The zero-order valence-electron chi connectivity index (χ0n) is 17.0. The standard InChI is InChI=1S/C22H14IN3O6S2/c23-15-3-5-16(6-4-15)24-22-25-21(27)20(33-22)13-14-1-9-18(10-2-14)32-34(30,31)19-11-7-17(8-12-19)26(28)29/h1-13H,(H,24,25,27)/b20-13+. The van der Waals surface area contributed by atoms with Crippen molar-refractivity contribution in [3.8, 4) is 5.75 Å². The molecule has 1 amide bonds. The Labute approximate surface area is 212 Å². The van der Waals surface area contributed by atoms with Gasteiger partial charge >= 0.3 is 10.1 Å². The first-order valence-electron chi connectivity index (χ1n) is 9.54. The fraction of sp³-hybridized carbons (Fsp3) is 0. The minimum absolute atomic E-state index is 0.0602. The number of nitro groups is 1. The van der Waals surface area contributed by atoms with E-state index >= 15 is 0 Å². The molecule has 1 saturated heterocycles. The lowest BCUT2D eigenvalue weighted by atomic mass is 10.2. The first-order chi connectivity index (χ1) is 16.2. The highest BCUT2D eigenvalue weighted by molar-refractivity contribution is 14.1. The van der Waals surface area contributed by atoms with Gasteiger partial charge in [-0.05, 0) is 94.5 Å². The Kier molecular flexibility index (Phi) is 7.00. The van der Waals surface area contributed by atoms with Crippen molar-refractivity contribution >= 4 is 73.0 Å². The van der Waals surface area contributed by atoms with Crippen LogP contribution in [0.2, 0.25) is 0 Å². The Bertz CT molecular complexity index is 1420. The van der Waals surface area contributed by atoms with E-state index in [1.165, 1.54) is 23.9 Å². The van der Waals surface area contributed by atoms with Gasteiger partial charge in [-0.2, -0.15) is 8.42 Å². The maximum absolute atomic E-state index is 12.4. The van der Waals surface area contributed by atoms with Gasteiger partial charge in [0, 0.05) is 15.7 Å². The lowest BCUT2D eigenvalue weighted by Gasteiger charge is -2.07. The summed E-state index contributed by atoms with van der Waals surface area (Å²) in [5, 5.41) is 13.9. The van der Waals surface area contributed by atoms with E-state index in [1.54, 1.807) is 18.2 Å². The van der Waals surface area contributed by atoms with Crippen LogP contribution in [0.15, 0.2) is 87.6 Å². The van der Waals surface area contributed by atoms with Gasteiger partial charge < -0.3 is 9.50 Å². The molecule has 0 unspecified atom stereocenters. The van der Waals surface area contributed by atoms with E-state index in [-0.39, 0.29) is 22.2 Å². The molecule has 1 aliphatic heterocycles. The summed E-state index contributed by atoms with van der Waals surface area (Å²) in [4.78, 5) is 27.0. The molecule has 0 atom stereocenters. The largest absolute Gasteiger partial charge is 0.379 e. The number of rotatable bonds is 6. The maximum Gasteiger partial charge on any atom is 0.339 e. The first kappa shape index (κ1) is 23.9. The topological polar surface area (TPSA) is 128 Å². The number of thioether (sulfide) groups is 1. The van der Waals surface area contributed by atoms with E-state index in [1.807, 2.05) is 24.3 Å². The number of aliphatic imine (C=N–C) groups is 1. The molecule has 1 fully saturated rings. The molecular formula is C22H14IN3O6S2. The average Bonchev–Trinajstić information content (AvgIpc) is 3.15.